The number of hydrogen-bond donors (Lipinski definition) is 1. The van der Waals surface area contributed by atoms with E-state index in [0.29, 0.717) is 24.2 Å². The highest BCUT2D eigenvalue weighted by atomic mass is 32.2. The number of anilines is 1. The molecule has 246 valence electrons. The van der Waals surface area contributed by atoms with Crippen LogP contribution in [-0.4, -0.2) is 52.0 Å². The molecular formula is C32H32F5N3O5S. The van der Waals surface area contributed by atoms with Crippen molar-refractivity contribution in [3.63, 3.8) is 0 Å². The molecule has 1 unspecified atom stereocenters. The SMILES string of the molecule is CCS(=O)(=O)c1ccc(C(CC#N)NC(=O)c2ccc(N3C[C@@H](Oc4ccc(C(F)(F)F)cc4)C[C@H]3CCOC(F)F)cc2)cc1. The third-order valence-corrected chi connectivity index (χ3v) is 9.39. The zero-order valence-electron chi connectivity index (χ0n) is 24.7. The van der Waals surface area contributed by atoms with E-state index in [2.05, 4.69) is 10.1 Å². The molecule has 1 N–H and O–H groups in total. The molecule has 0 saturated carbocycles. The van der Waals surface area contributed by atoms with Crippen LogP contribution in [0.15, 0.2) is 77.7 Å². The summed E-state index contributed by atoms with van der Waals surface area (Å²) in [6, 6.07) is 17.8. The van der Waals surface area contributed by atoms with Crippen LogP contribution in [0, 0.1) is 11.3 Å². The molecule has 3 aromatic rings. The summed E-state index contributed by atoms with van der Waals surface area (Å²) in [4.78, 5) is 15.2. The van der Waals surface area contributed by atoms with E-state index in [9.17, 15) is 40.4 Å². The van der Waals surface area contributed by atoms with Crippen molar-refractivity contribution in [2.75, 3.05) is 23.8 Å². The van der Waals surface area contributed by atoms with Crippen LogP contribution in [0.5, 0.6) is 5.75 Å². The molecule has 3 aromatic carbocycles. The smallest absolute Gasteiger partial charge is 0.416 e. The highest BCUT2D eigenvalue weighted by Gasteiger charge is 2.34. The van der Waals surface area contributed by atoms with E-state index in [1.165, 1.54) is 31.2 Å². The maximum atomic E-state index is 13.1. The van der Waals surface area contributed by atoms with Gasteiger partial charge in [0.2, 0.25) is 0 Å². The van der Waals surface area contributed by atoms with Crippen LogP contribution in [-0.2, 0) is 20.8 Å². The van der Waals surface area contributed by atoms with Crippen molar-refractivity contribution >= 4 is 21.4 Å². The van der Waals surface area contributed by atoms with Crippen molar-refractivity contribution in [1.82, 2.24) is 5.32 Å². The maximum Gasteiger partial charge on any atom is 0.416 e. The Morgan fingerprint density at radius 1 is 1.04 bits per heavy atom. The van der Waals surface area contributed by atoms with Crippen molar-refractivity contribution in [3.8, 4) is 11.8 Å². The van der Waals surface area contributed by atoms with Gasteiger partial charge in [-0.25, -0.2) is 8.42 Å². The summed E-state index contributed by atoms with van der Waals surface area (Å²) in [5, 5.41) is 12.1. The van der Waals surface area contributed by atoms with Gasteiger partial charge in [0, 0.05) is 23.7 Å². The van der Waals surface area contributed by atoms with Gasteiger partial charge in [0.05, 0.1) is 47.9 Å². The number of benzene rings is 3. The van der Waals surface area contributed by atoms with Gasteiger partial charge in [0.15, 0.2) is 9.84 Å². The van der Waals surface area contributed by atoms with Crippen molar-refractivity contribution in [2.24, 2.45) is 0 Å². The molecule has 1 amide bonds. The van der Waals surface area contributed by atoms with Crippen LogP contribution in [0.4, 0.5) is 27.6 Å². The number of halogens is 5. The Morgan fingerprint density at radius 3 is 2.26 bits per heavy atom. The number of sulfone groups is 1. The molecule has 1 saturated heterocycles. The van der Waals surface area contributed by atoms with E-state index in [-0.39, 0.29) is 47.5 Å². The fourth-order valence-corrected chi connectivity index (χ4v) is 6.10. The lowest BCUT2D eigenvalue weighted by atomic mass is 10.0. The zero-order valence-corrected chi connectivity index (χ0v) is 25.5. The summed E-state index contributed by atoms with van der Waals surface area (Å²) in [5.41, 5.74) is 0.703. The first-order valence-corrected chi connectivity index (χ1v) is 16.1. The monoisotopic (exact) mass is 665 g/mol. The second kappa shape index (κ2) is 14.9. The van der Waals surface area contributed by atoms with Crippen molar-refractivity contribution in [3.05, 3.63) is 89.5 Å². The number of alkyl halides is 5. The van der Waals surface area contributed by atoms with Gasteiger partial charge in [0.25, 0.3) is 5.91 Å². The van der Waals surface area contributed by atoms with E-state index < -0.39 is 46.2 Å². The normalized spacial score (nSPS) is 17.5. The lowest BCUT2D eigenvalue weighted by Crippen LogP contribution is -2.31. The van der Waals surface area contributed by atoms with E-state index in [0.717, 1.165) is 12.1 Å². The number of nitrogens with zero attached hydrogens (tertiary/aromatic N) is 2. The second-order valence-corrected chi connectivity index (χ2v) is 12.9. The molecule has 0 aromatic heterocycles. The third-order valence-electron chi connectivity index (χ3n) is 7.64. The van der Waals surface area contributed by atoms with E-state index in [1.54, 1.807) is 36.4 Å². The lowest BCUT2D eigenvalue weighted by Gasteiger charge is -2.26. The summed E-state index contributed by atoms with van der Waals surface area (Å²) >= 11 is 0. The van der Waals surface area contributed by atoms with Gasteiger partial charge in [-0.05, 0) is 72.6 Å². The quantitative estimate of drug-likeness (QED) is 0.207. The molecule has 1 fully saturated rings. The van der Waals surface area contributed by atoms with Gasteiger partial charge in [-0.1, -0.05) is 19.1 Å². The fraction of sp³-hybridized carbons (Fsp3) is 0.375. The van der Waals surface area contributed by atoms with Gasteiger partial charge in [-0.15, -0.1) is 0 Å². The average molecular weight is 666 g/mol. The largest absolute Gasteiger partial charge is 0.489 e. The number of carbonyl (C=O) groups is 1. The number of ether oxygens (including phenoxy) is 2. The van der Waals surface area contributed by atoms with Crippen LogP contribution in [0.3, 0.4) is 0 Å². The molecule has 3 atom stereocenters. The van der Waals surface area contributed by atoms with Crippen molar-refractivity contribution in [1.29, 1.82) is 5.26 Å². The first-order chi connectivity index (χ1) is 21.8. The Bertz CT molecular complexity index is 1610. The van der Waals surface area contributed by atoms with Crippen LogP contribution < -0.4 is 15.0 Å². The highest BCUT2D eigenvalue weighted by molar-refractivity contribution is 7.91. The number of amides is 1. The fourth-order valence-electron chi connectivity index (χ4n) is 5.22. The van der Waals surface area contributed by atoms with Crippen LogP contribution in [0.1, 0.15) is 53.7 Å². The van der Waals surface area contributed by atoms with Gasteiger partial charge < -0.3 is 19.7 Å². The minimum Gasteiger partial charge on any atom is -0.489 e. The Kier molecular flexibility index (Phi) is 11.2. The second-order valence-electron chi connectivity index (χ2n) is 10.6. The Hall–Kier alpha value is -4.22. The van der Waals surface area contributed by atoms with Gasteiger partial charge in [-0.3, -0.25) is 4.79 Å². The number of nitriles is 1. The van der Waals surface area contributed by atoms with Crippen LogP contribution in [0.2, 0.25) is 0 Å². The average Bonchev–Trinajstić information content (AvgIpc) is 3.42. The molecule has 1 aliphatic heterocycles. The molecule has 0 bridgehead atoms. The Labute approximate surface area is 263 Å². The molecular weight excluding hydrogens is 633 g/mol. The summed E-state index contributed by atoms with van der Waals surface area (Å²) < 4.78 is 98.7. The van der Waals surface area contributed by atoms with Crippen molar-refractivity contribution < 1.29 is 44.6 Å². The van der Waals surface area contributed by atoms with Crippen LogP contribution >= 0.6 is 0 Å². The molecule has 4 rings (SSSR count). The molecule has 0 spiro atoms. The maximum absolute atomic E-state index is 13.1. The van der Waals surface area contributed by atoms with Gasteiger partial charge in [-0.2, -0.15) is 27.2 Å². The first-order valence-electron chi connectivity index (χ1n) is 14.4. The summed E-state index contributed by atoms with van der Waals surface area (Å²) in [6.07, 6.45) is -4.37. The highest BCUT2D eigenvalue weighted by Crippen LogP contribution is 2.33. The third kappa shape index (κ3) is 8.95. The molecule has 0 aliphatic carbocycles. The zero-order chi connectivity index (χ0) is 33.5. The minimum atomic E-state index is -4.48. The van der Waals surface area contributed by atoms with Gasteiger partial charge >= 0.3 is 12.8 Å². The topological polar surface area (TPSA) is 109 Å². The van der Waals surface area contributed by atoms with Gasteiger partial charge in [0.1, 0.15) is 11.9 Å². The molecule has 1 heterocycles. The molecule has 14 heteroatoms. The number of nitrogens with one attached hydrogen (secondary N) is 1. The molecule has 8 nitrogen and oxygen atoms in total. The van der Waals surface area contributed by atoms with E-state index >= 15 is 0 Å². The minimum absolute atomic E-state index is 0.0554. The lowest BCUT2D eigenvalue weighted by molar-refractivity contribution is -0.137. The molecule has 1 aliphatic rings. The number of hydrogen-bond acceptors (Lipinski definition) is 7. The Balaban J connectivity index is 1.46. The Morgan fingerprint density at radius 2 is 1.70 bits per heavy atom. The molecule has 0 radical (unpaired) electrons. The van der Waals surface area contributed by atoms with Crippen LogP contribution in [0.25, 0.3) is 0 Å². The number of rotatable bonds is 13. The van der Waals surface area contributed by atoms with E-state index in [4.69, 9.17) is 4.74 Å². The number of carbonyl (C=O) groups excluding carboxylic acids is 1. The summed E-state index contributed by atoms with van der Waals surface area (Å²) in [5.74, 6) is -0.290. The van der Waals surface area contributed by atoms with E-state index in [1.807, 2.05) is 11.0 Å². The predicted octanol–water partition coefficient (Wildman–Crippen LogP) is 6.54. The molecule has 46 heavy (non-hydrogen) atoms. The summed E-state index contributed by atoms with van der Waals surface area (Å²) in [6.45, 7) is -1.31. The van der Waals surface area contributed by atoms with Crippen molar-refractivity contribution in [2.45, 2.75) is 62.1 Å². The first kappa shape index (κ1) is 34.6. The predicted molar refractivity (Wildman–Crippen MR) is 159 cm³/mol. The summed E-state index contributed by atoms with van der Waals surface area (Å²) in [7, 11) is -3.41. The standard InChI is InChI=1S/C32H32F5N3O5S/c1-2-46(42,43)28-13-5-21(6-14-28)29(15-17-38)39-30(41)22-3-9-24(10-4-22)40-20-27(19-25(40)16-18-44-31(33)34)45-26-11-7-23(8-12-26)32(35,36)37/h3-14,25,27,29,31H,2,15-16,18-20H2,1H3,(H,39,41)/t25-,27+,29?/m1/s1.